The first-order chi connectivity index (χ1) is 14.0. The van der Waals surface area contributed by atoms with Crippen molar-refractivity contribution in [1.82, 2.24) is 9.21 Å². The molecule has 4 rings (SSSR count). The molecule has 0 spiro atoms. The number of nitrogens with zero attached hydrogens (tertiary/aromatic N) is 2. The first-order valence-electron chi connectivity index (χ1n) is 10.0. The van der Waals surface area contributed by atoms with E-state index in [0.717, 1.165) is 19.3 Å². The minimum absolute atomic E-state index is 0.00644. The maximum atomic E-state index is 13.2. The summed E-state index contributed by atoms with van der Waals surface area (Å²) in [6.07, 6.45) is 2.97. The number of benzene rings is 2. The van der Waals surface area contributed by atoms with E-state index in [4.69, 9.17) is 4.74 Å². The van der Waals surface area contributed by atoms with Crippen molar-refractivity contribution in [3.05, 3.63) is 65.2 Å². The van der Waals surface area contributed by atoms with Crippen LogP contribution in [-0.2, 0) is 21.2 Å². The van der Waals surface area contributed by atoms with Crippen LogP contribution in [0.1, 0.15) is 40.4 Å². The Morgan fingerprint density at radius 3 is 2.66 bits per heavy atom. The number of rotatable bonds is 4. The first kappa shape index (κ1) is 20.1. The normalized spacial score (nSPS) is 20.1. The van der Waals surface area contributed by atoms with Gasteiger partial charge >= 0.3 is 0 Å². The number of morpholine rings is 1. The van der Waals surface area contributed by atoms with Crippen molar-refractivity contribution in [2.45, 2.75) is 30.2 Å². The smallest absolute Gasteiger partial charge is 0.254 e. The van der Waals surface area contributed by atoms with Crippen molar-refractivity contribution in [2.24, 2.45) is 0 Å². The van der Waals surface area contributed by atoms with Gasteiger partial charge in [-0.15, -0.1) is 0 Å². The molecule has 6 nitrogen and oxygen atoms in total. The van der Waals surface area contributed by atoms with Crippen LogP contribution in [0, 0.1) is 0 Å². The van der Waals surface area contributed by atoms with Gasteiger partial charge in [-0.25, -0.2) is 8.42 Å². The van der Waals surface area contributed by atoms with Crippen molar-refractivity contribution in [1.29, 1.82) is 0 Å². The van der Waals surface area contributed by atoms with Crippen LogP contribution in [0.4, 0.5) is 0 Å². The van der Waals surface area contributed by atoms with E-state index in [1.807, 2.05) is 12.1 Å². The fraction of sp³-hybridized carbons (Fsp3) is 0.409. The average molecular weight is 415 g/mol. The molecule has 1 aliphatic carbocycles. The standard InChI is InChI=1S/C22H26N2O4S/c1-23(21-11-5-7-17-6-2-3-10-20(17)21)22(25)18-8-4-9-19(16-18)29(26,27)24-12-14-28-15-13-24/h2-4,6,8-10,16,21H,5,7,11-15H2,1H3/t21-/m1/s1. The van der Waals surface area contributed by atoms with Gasteiger partial charge in [0.1, 0.15) is 0 Å². The molecule has 0 saturated carbocycles. The van der Waals surface area contributed by atoms with Crippen LogP contribution in [0.3, 0.4) is 0 Å². The molecule has 1 atom stereocenters. The third-order valence-corrected chi connectivity index (χ3v) is 7.71. The summed E-state index contributed by atoms with van der Waals surface area (Å²) in [7, 11) is -1.83. The summed E-state index contributed by atoms with van der Waals surface area (Å²) in [6.45, 7) is 1.45. The maximum Gasteiger partial charge on any atom is 0.254 e. The topological polar surface area (TPSA) is 66.9 Å². The average Bonchev–Trinajstić information content (AvgIpc) is 2.78. The molecule has 0 unspecified atom stereocenters. The van der Waals surface area contributed by atoms with Crippen LogP contribution < -0.4 is 0 Å². The zero-order valence-corrected chi connectivity index (χ0v) is 17.4. The van der Waals surface area contributed by atoms with Gasteiger partial charge in [0.25, 0.3) is 5.91 Å². The molecule has 0 aromatic heterocycles. The molecule has 1 amide bonds. The van der Waals surface area contributed by atoms with Crippen LogP contribution in [-0.4, -0.2) is 56.9 Å². The summed E-state index contributed by atoms with van der Waals surface area (Å²) in [4.78, 5) is 15.1. The molecule has 2 aromatic carbocycles. The SMILES string of the molecule is CN(C(=O)c1cccc(S(=O)(=O)N2CCOCC2)c1)[C@@H]1CCCc2ccccc21. The molecule has 0 radical (unpaired) electrons. The van der Waals surface area contributed by atoms with Gasteiger partial charge in [-0.3, -0.25) is 4.79 Å². The molecule has 0 N–H and O–H groups in total. The molecule has 2 aliphatic rings. The fourth-order valence-electron chi connectivity index (χ4n) is 4.20. The quantitative estimate of drug-likeness (QED) is 0.772. The van der Waals surface area contributed by atoms with Crippen LogP contribution in [0.25, 0.3) is 0 Å². The second kappa shape index (κ2) is 8.26. The number of sulfonamides is 1. The summed E-state index contributed by atoms with van der Waals surface area (Å²) in [5, 5.41) is 0. The molecule has 0 bridgehead atoms. The van der Waals surface area contributed by atoms with E-state index in [2.05, 4.69) is 12.1 Å². The van der Waals surface area contributed by atoms with Gasteiger partial charge in [-0.05, 0) is 48.6 Å². The van der Waals surface area contributed by atoms with Gasteiger partial charge < -0.3 is 9.64 Å². The highest BCUT2D eigenvalue weighted by Gasteiger charge is 2.29. The second-order valence-electron chi connectivity index (χ2n) is 7.57. The largest absolute Gasteiger partial charge is 0.379 e. The lowest BCUT2D eigenvalue weighted by atomic mass is 9.87. The number of amides is 1. The van der Waals surface area contributed by atoms with E-state index in [1.165, 1.54) is 21.5 Å². The number of hydrogen-bond donors (Lipinski definition) is 0. The van der Waals surface area contributed by atoms with Gasteiger partial charge in [0, 0.05) is 25.7 Å². The van der Waals surface area contributed by atoms with Gasteiger partial charge in [0.2, 0.25) is 10.0 Å². The minimum atomic E-state index is -3.63. The monoisotopic (exact) mass is 414 g/mol. The van der Waals surface area contributed by atoms with E-state index in [-0.39, 0.29) is 16.8 Å². The summed E-state index contributed by atoms with van der Waals surface area (Å²) < 4.78 is 32.6. The highest BCUT2D eigenvalue weighted by Crippen LogP contribution is 2.34. The Labute approximate surface area is 172 Å². The number of carbonyl (C=O) groups excluding carboxylic acids is 1. The predicted molar refractivity (Wildman–Crippen MR) is 110 cm³/mol. The van der Waals surface area contributed by atoms with E-state index < -0.39 is 10.0 Å². The first-order valence-corrected chi connectivity index (χ1v) is 11.5. The molecular formula is C22H26N2O4S. The number of hydrogen-bond acceptors (Lipinski definition) is 4. The van der Waals surface area contributed by atoms with E-state index in [1.54, 1.807) is 30.1 Å². The lowest BCUT2D eigenvalue weighted by molar-refractivity contribution is 0.0713. The summed E-state index contributed by atoms with van der Waals surface area (Å²) in [6, 6.07) is 14.6. The summed E-state index contributed by atoms with van der Waals surface area (Å²) in [5.41, 5.74) is 2.86. The molecule has 1 aliphatic heterocycles. The number of ether oxygens (including phenoxy) is 1. The number of fused-ring (bicyclic) bond motifs is 1. The van der Waals surface area contributed by atoms with Crippen molar-refractivity contribution < 1.29 is 17.9 Å². The van der Waals surface area contributed by atoms with Crippen molar-refractivity contribution in [3.63, 3.8) is 0 Å². The third-order valence-electron chi connectivity index (χ3n) is 5.81. The van der Waals surface area contributed by atoms with Crippen molar-refractivity contribution in [2.75, 3.05) is 33.4 Å². The lowest BCUT2D eigenvalue weighted by Crippen LogP contribution is -2.40. The Kier molecular flexibility index (Phi) is 5.72. The van der Waals surface area contributed by atoms with Crippen LogP contribution in [0.15, 0.2) is 53.4 Å². The maximum absolute atomic E-state index is 13.2. The highest BCUT2D eigenvalue weighted by atomic mass is 32.2. The van der Waals surface area contributed by atoms with Gasteiger partial charge in [0.05, 0.1) is 24.2 Å². The third kappa shape index (κ3) is 3.95. The number of aryl methyl sites for hydroxylation is 1. The molecular weight excluding hydrogens is 388 g/mol. The van der Waals surface area contributed by atoms with Crippen molar-refractivity contribution >= 4 is 15.9 Å². The Balaban J connectivity index is 1.59. The molecule has 2 aromatic rings. The molecule has 154 valence electrons. The number of carbonyl (C=O) groups is 1. The van der Waals surface area contributed by atoms with E-state index in [0.29, 0.717) is 31.9 Å². The van der Waals surface area contributed by atoms with Gasteiger partial charge in [-0.1, -0.05) is 30.3 Å². The Bertz CT molecular complexity index is 999. The van der Waals surface area contributed by atoms with Gasteiger partial charge in [-0.2, -0.15) is 4.31 Å². The Hall–Kier alpha value is -2.22. The van der Waals surface area contributed by atoms with Gasteiger partial charge in [0.15, 0.2) is 0 Å². The highest BCUT2D eigenvalue weighted by molar-refractivity contribution is 7.89. The molecule has 29 heavy (non-hydrogen) atoms. The van der Waals surface area contributed by atoms with Crippen LogP contribution in [0.2, 0.25) is 0 Å². The Morgan fingerprint density at radius 2 is 1.86 bits per heavy atom. The second-order valence-corrected chi connectivity index (χ2v) is 9.51. The predicted octanol–water partition coefficient (Wildman–Crippen LogP) is 2.86. The fourth-order valence-corrected chi connectivity index (χ4v) is 5.66. The minimum Gasteiger partial charge on any atom is -0.379 e. The molecule has 1 fully saturated rings. The lowest BCUT2D eigenvalue weighted by Gasteiger charge is -2.33. The zero-order chi connectivity index (χ0) is 20.4. The summed E-state index contributed by atoms with van der Waals surface area (Å²) >= 11 is 0. The van der Waals surface area contributed by atoms with Crippen LogP contribution >= 0.6 is 0 Å². The van der Waals surface area contributed by atoms with Crippen molar-refractivity contribution in [3.8, 4) is 0 Å². The summed E-state index contributed by atoms with van der Waals surface area (Å²) in [5.74, 6) is -0.161. The zero-order valence-electron chi connectivity index (χ0n) is 16.6. The molecule has 1 saturated heterocycles. The van der Waals surface area contributed by atoms with E-state index >= 15 is 0 Å². The Morgan fingerprint density at radius 1 is 1.10 bits per heavy atom. The van der Waals surface area contributed by atoms with Crippen LogP contribution in [0.5, 0.6) is 0 Å². The molecule has 7 heteroatoms. The van der Waals surface area contributed by atoms with E-state index in [9.17, 15) is 13.2 Å². The molecule has 1 heterocycles.